The summed E-state index contributed by atoms with van der Waals surface area (Å²) in [5.41, 5.74) is 3.62. The summed E-state index contributed by atoms with van der Waals surface area (Å²) >= 11 is 6.03. The van der Waals surface area contributed by atoms with Crippen LogP contribution in [0, 0.1) is 17.8 Å². The predicted octanol–water partition coefficient (Wildman–Crippen LogP) is 5.35. The average Bonchev–Trinajstić information content (AvgIpc) is 3.12. The molecule has 0 saturated heterocycles. The Kier molecular flexibility index (Phi) is 4.66. The molecule has 3 nitrogen and oxygen atoms in total. The van der Waals surface area contributed by atoms with Gasteiger partial charge in [0, 0.05) is 11.1 Å². The SMILES string of the molecule is Clc1ccc(CC2CC3CCC2CC3NCc2nc3ccccc3[nH]2)cc1. The fourth-order valence-corrected chi connectivity index (χ4v) is 5.42. The van der Waals surface area contributed by atoms with Crippen molar-refractivity contribution >= 4 is 22.6 Å². The number of hydrogen-bond acceptors (Lipinski definition) is 2. The molecule has 6 rings (SSSR count). The summed E-state index contributed by atoms with van der Waals surface area (Å²) in [4.78, 5) is 8.15. The Morgan fingerprint density at radius 2 is 1.81 bits per heavy atom. The van der Waals surface area contributed by atoms with Crippen molar-refractivity contribution in [2.75, 3.05) is 0 Å². The molecule has 4 heteroatoms. The first-order chi connectivity index (χ1) is 13.2. The molecule has 1 aromatic heterocycles. The van der Waals surface area contributed by atoms with Crippen molar-refractivity contribution < 1.29 is 0 Å². The summed E-state index contributed by atoms with van der Waals surface area (Å²) < 4.78 is 0. The van der Waals surface area contributed by atoms with Crippen LogP contribution in [0.5, 0.6) is 0 Å². The summed E-state index contributed by atoms with van der Waals surface area (Å²) in [6.07, 6.45) is 6.63. The second kappa shape index (κ2) is 7.29. The smallest absolute Gasteiger partial charge is 0.121 e. The van der Waals surface area contributed by atoms with E-state index >= 15 is 0 Å². The minimum Gasteiger partial charge on any atom is -0.341 e. The summed E-state index contributed by atoms with van der Waals surface area (Å²) in [6.45, 7) is 0.838. The lowest BCUT2D eigenvalue weighted by Gasteiger charge is -2.48. The number of fused-ring (bicyclic) bond motifs is 4. The maximum Gasteiger partial charge on any atom is 0.121 e. The number of hydrogen-bond donors (Lipinski definition) is 2. The van der Waals surface area contributed by atoms with Gasteiger partial charge in [0.2, 0.25) is 0 Å². The van der Waals surface area contributed by atoms with E-state index in [1.165, 1.54) is 37.7 Å². The van der Waals surface area contributed by atoms with Crippen LogP contribution in [-0.2, 0) is 13.0 Å². The van der Waals surface area contributed by atoms with Crippen LogP contribution >= 0.6 is 11.6 Å². The molecular weight excluding hydrogens is 354 g/mol. The Morgan fingerprint density at radius 3 is 2.59 bits per heavy atom. The van der Waals surface area contributed by atoms with Gasteiger partial charge >= 0.3 is 0 Å². The van der Waals surface area contributed by atoms with Gasteiger partial charge in [-0.2, -0.15) is 0 Å². The maximum absolute atomic E-state index is 6.03. The van der Waals surface area contributed by atoms with Gasteiger partial charge in [-0.3, -0.25) is 0 Å². The lowest BCUT2D eigenvalue weighted by atomic mass is 9.61. The van der Waals surface area contributed by atoms with E-state index < -0.39 is 0 Å². The van der Waals surface area contributed by atoms with Gasteiger partial charge in [0.25, 0.3) is 0 Å². The molecule has 2 aromatic carbocycles. The molecule has 4 unspecified atom stereocenters. The number of nitrogens with zero attached hydrogens (tertiary/aromatic N) is 1. The highest BCUT2D eigenvalue weighted by Gasteiger charge is 2.41. The molecule has 4 atom stereocenters. The zero-order valence-electron chi connectivity index (χ0n) is 15.5. The van der Waals surface area contributed by atoms with Crippen LogP contribution in [0.25, 0.3) is 11.0 Å². The number of halogens is 1. The average molecular weight is 380 g/mol. The second-order valence-corrected chi connectivity index (χ2v) is 8.78. The van der Waals surface area contributed by atoms with Crippen molar-refractivity contribution in [3.05, 3.63) is 64.9 Å². The van der Waals surface area contributed by atoms with Gasteiger partial charge in [-0.25, -0.2) is 4.98 Å². The van der Waals surface area contributed by atoms with Gasteiger partial charge in [0.1, 0.15) is 5.82 Å². The first-order valence-corrected chi connectivity index (χ1v) is 10.5. The first kappa shape index (κ1) is 17.3. The summed E-state index contributed by atoms with van der Waals surface area (Å²) in [6, 6.07) is 17.3. The van der Waals surface area contributed by atoms with E-state index in [2.05, 4.69) is 40.6 Å². The molecule has 140 valence electrons. The van der Waals surface area contributed by atoms with E-state index in [1.807, 2.05) is 18.2 Å². The van der Waals surface area contributed by atoms with Crippen LogP contribution in [0.2, 0.25) is 5.02 Å². The van der Waals surface area contributed by atoms with Gasteiger partial charge in [-0.15, -0.1) is 0 Å². The molecule has 0 radical (unpaired) electrons. The van der Waals surface area contributed by atoms with Gasteiger partial charge in [0.15, 0.2) is 0 Å². The van der Waals surface area contributed by atoms with E-state index in [1.54, 1.807) is 0 Å². The Morgan fingerprint density at radius 1 is 1.00 bits per heavy atom. The number of nitrogens with one attached hydrogen (secondary N) is 2. The lowest BCUT2D eigenvalue weighted by Crippen LogP contribution is -2.48. The van der Waals surface area contributed by atoms with Gasteiger partial charge in [-0.05, 0) is 79.7 Å². The van der Waals surface area contributed by atoms with Crippen LogP contribution in [0.4, 0.5) is 0 Å². The Labute approximate surface area is 165 Å². The zero-order chi connectivity index (χ0) is 18.2. The molecule has 1 heterocycles. The molecule has 2 bridgehead atoms. The van der Waals surface area contributed by atoms with Crippen LogP contribution in [0.3, 0.4) is 0 Å². The number of aromatic nitrogens is 2. The molecule has 0 aliphatic heterocycles. The first-order valence-electron chi connectivity index (χ1n) is 10.2. The summed E-state index contributed by atoms with van der Waals surface area (Å²) in [7, 11) is 0. The van der Waals surface area contributed by atoms with E-state index in [0.29, 0.717) is 6.04 Å². The van der Waals surface area contributed by atoms with E-state index in [9.17, 15) is 0 Å². The molecule has 3 saturated carbocycles. The van der Waals surface area contributed by atoms with Crippen molar-refractivity contribution in [2.45, 2.75) is 44.7 Å². The molecule has 2 N–H and O–H groups in total. The van der Waals surface area contributed by atoms with Crippen molar-refractivity contribution in [2.24, 2.45) is 17.8 Å². The topological polar surface area (TPSA) is 40.7 Å². The fourth-order valence-electron chi connectivity index (χ4n) is 5.30. The normalized spacial score (nSPS) is 27.3. The van der Waals surface area contributed by atoms with E-state index in [-0.39, 0.29) is 0 Å². The third-order valence-corrected chi connectivity index (χ3v) is 6.94. The van der Waals surface area contributed by atoms with Crippen molar-refractivity contribution in [3.63, 3.8) is 0 Å². The van der Waals surface area contributed by atoms with Crippen molar-refractivity contribution in [1.82, 2.24) is 15.3 Å². The Balaban J connectivity index is 1.20. The highest BCUT2D eigenvalue weighted by molar-refractivity contribution is 6.30. The number of imidazole rings is 1. The highest BCUT2D eigenvalue weighted by Crippen LogP contribution is 2.46. The number of rotatable bonds is 5. The number of benzene rings is 2. The molecule has 3 fully saturated rings. The van der Waals surface area contributed by atoms with Gasteiger partial charge in [0.05, 0.1) is 17.6 Å². The predicted molar refractivity (Wildman–Crippen MR) is 111 cm³/mol. The molecule has 0 spiro atoms. The minimum absolute atomic E-state index is 0.637. The van der Waals surface area contributed by atoms with E-state index in [4.69, 9.17) is 16.6 Å². The quantitative estimate of drug-likeness (QED) is 0.627. The minimum atomic E-state index is 0.637. The zero-order valence-corrected chi connectivity index (χ0v) is 16.3. The molecule has 0 amide bonds. The van der Waals surface area contributed by atoms with Crippen molar-refractivity contribution in [3.8, 4) is 0 Å². The fraction of sp³-hybridized carbons (Fsp3) is 0.435. The van der Waals surface area contributed by atoms with Gasteiger partial charge < -0.3 is 10.3 Å². The van der Waals surface area contributed by atoms with Gasteiger partial charge in [-0.1, -0.05) is 35.9 Å². The summed E-state index contributed by atoms with van der Waals surface area (Å²) in [5, 5.41) is 4.64. The monoisotopic (exact) mass is 379 g/mol. The molecule has 3 aliphatic carbocycles. The Bertz CT molecular complexity index is 884. The number of para-hydroxylation sites is 2. The van der Waals surface area contributed by atoms with Crippen LogP contribution in [0.15, 0.2) is 48.5 Å². The third-order valence-electron chi connectivity index (χ3n) is 6.69. The number of H-pyrrole nitrogens is 1. The van der Waals surface area contributed by atoms with Crippen LogP contribution in [-0.4, -0.2) is 16.0 Å². The Hall–Kier alpha value is -1.84. The van der Waals surface area contributed by atoms with Crippen molar-refractivity contribution in [1.29, 1.82) is 0 Å². The summed E-state index contributed by atoms with van der Waals surface area (Å²) in [5.74, 6) is 3.53. The molecule has 27 heavy (non-hydrogen) atoms. The molecule has 3 aliphatic rings. The molecular formula is C23H26ClN3. The number of aromatic amines is 1. The lowest BCUT2D eigenvalue weighted by molar-refractivity contribution is 0.0613. The maximum atomic E-state index is 6.03. The third kappa shape index (κ3) is 3.63. The highest BCUT2D eigenvalue weighted by atomic mass is 35.5. The van der Waals surface area contributed by atoms with Crippen LogP contribution < -0.4 is 5.32 Å². The van der Waals surface area contributed by atoms with Crippen LogP contribution in [0.1, 0.15) is 37.1 Å². The standard InChI is InChI=1S/C23H26ClN3/c24-19-9-5-15(6-10-19)11-18-12-17-8-7-16(18)13-22(17)25-14-23-26-20-3-1-2-4-21(20)27-23/h1-6,9-10,16-18,22,25H,7-8,11-14H2,(H,26,27). The largest absolute Gasteiger partial charge is 0.341 e. The second-order valence-electron chi connectivity index (χ2n) is 8.35. The molecule has 3 aromatic rings. The van der Waals surface area contributed by atoms with E-state index in [0.717, 1.165) is 46.2 Å².